The third-order valence-electron chi connectivity index (χ3n) is 3.31. The molecule has 1 atom stereocenters. The Kier molecular flexibility index (Phi) is 2.74. The molecular formula is C13H14O2S. The van der Waals surface area contributed by atoms with Crippen LogP contribution in [0.2, 0.25) is 0 Å². The molecule has 3 heteroatoms. The lowest BCUT2D eigenvalue weighted by Gasteiger charge is -2.08. The van der Waals surface area contributed by atoms with Gasteiger partial charge >= 0.3 is 0 Å². The predicted molar refractivity (Wildman–Crippen MR) is 64.7 cm³/mol. The van der Waals surface area contributed by atoms with Gasteiger partial charge < -0.3 is 4.74 Å². The minimum Gasteiger partial charge on any atom is -0.372 e. The van der Waals surface area contributed by atoms with E-state index in [0.717, 1.165) is 23.5 Å². The molecule has 0 amide bonds. The first kappa shape index (κ1) is 10.4. The summed E-state index contributed by atoms with van der Waals surface area (Å²) in [6.07, 6.45) is 1.04. The molecule has 2 aliphatic rings. The van der Waals surface area contributed by atoms with Crippen LogP contribution in [-0.4, -0.2) is 17.3 Å². The summed E-state index contributed by atoms with van der Waals surface area (Å²) in [5.74, 6) is 2.68. The van der Waals surface area contributed by atoms with Crippen molar-refractivity contribution < 1.29 is 9.53 Å². The van der Waals surface area contributed by atoms with Crippen LogP contribution >= 0.6 is 11.8 Å². The average molecular weight is 234 g/mol. The fraction of sp³-hybridized carbons (Fsp3) is 0.462. The molecule has 1 aromatic carbocycles. The second-order valence-electron chi connectivity index (χ2n) is 4.40. The van der Waals surface area contributed by atoms with Gasteiger partial charge in [-0.25, -0.2) is 0 Å². The van der Waals surface area contributed by atoms with Crippen LogP contribution in [0.15, 0.2) is 18.2 Å². The van der Waals surface area contributed by atoms with Gasteiger partial charge in [0.15, 0.2) is 5.78 Å². The lowest BCUT2D eigenvalue weighted by molar-refractivity contribution is 0.0933. The van der Waals surface area contributed by atoms with Crippen molar-refractivity contribution in [3.63, 3.8) is 0 Å². The maximum atomic E-state index is 12.2. The van der Waals surface area contributed by atoms with Gasteiger partial charge in [-0.3, -0.25) is 4.79 Å². The van der Waals surface area contributed by atoms with E-state index in [9.17, 15) is 4.79 Å². The second kappa shape index (κ2) is 4.22. The fourth-order valence-corrected chi connectivity index (χ4v) is 3.52. The van der Waals surface area contributed by atoms with Crippen LogP contribution in [0.5, 0.6) is 0 Å². The molecule has 16 heavy (non-hydrogen) atoms. The zero-order valence-corrected chi connectivity index (χ0v) is 9.89. The van der Waals surface area contributed by atoms with E-state index >= 15 is 0 Å². The van der Waals surface area contributed by atoms with Crippen molar-refractivity contribution in [3.8, 4) is 0 Å². The number of carbonyl (C=O) groups is 1. The Bertz CT molecular complexity index is 422. The fourth-order valence-electron chi connectivity index (χ4n) is 2.30. The monoisotopic (exact) mass is 234 g/mol. The van der Waals surface area contributed by atoms with Gasteiger partial charge in [-0.15, -0.1) is 0 Å². The number of hydrogen-bond acceptors (Lipinski definition) is 3. The van der Waals surface area contributed by atoms with Crippen LogP contribution in [0.4, 0.5) is 0 Å². The number of thioether (sulfide) groups is 1. The summed E-state index contributed by atoms with van der Waals surface area (Å²) in [4.78, 5) is 12.2. The number of Topliss-reactive ketones (excluding diaryl/α,β-unsaturated/α-hetero) is 1. The van der Waals surface area contributed by atoms with E-state index in [2.05, 4.69) is 0 Å². The van der Waals surface area contributed by atoms with Gasteiger partial charge in [-0.05, 0) is 29.4 Å². The highest BCUT2D eigenvalue weighted by Crippen LogP contribution is 2.28. The summed E-state index contributed by atoms with van der Waals surface area (Å²) >= 11 is 1.89. The lowest BCUT2D eigenvalue weighted by atomic mass is 9.95. The Morgan fingerprint density at radius 2 is 2.19 bits per heavy atom. The predicted octanol–water partition coefficient (Wildman–Crippen LogP) is 2.65. The number of hydrogen-bond donors (Lipinski definition) is 0. The summed E-state index contributed by atoms with van der Waals surface area (Å²) in [7, 11) is 0. The van der Waals surface area contributed by atoms with Gasteiger partial charge in [0.1, 0.15) is 0 Å². The average Bonchev–Trinajstić information content (AvgIpc) is 2.98. The van der Waals surface area contributed by atoms with Crippen molar-refractivity contribution in [2.24, 2.45) is 5.92 Å². The molecule has 0 aliphatic carbocycles. The van der Waals surface area contributed by atoms with Crippen LogP contribution in [0.25, 0.3) is 0 Å². The summed E-state index contributed by atoms with van der Waals surface area (Å²) in [6.45, 7) is 1.36. The third-order valence-corrected chi connectivity index (χ3v) is 4.47. The zero-order chi connectivity index (χ0) is 11.0. The highest BCUT2D eigenvalue weighted by atomic mass is 32.2. The Morgan fingerprint density at radius 3 is 3.00 bits per heavy atom. The van der Waals surface area contributed by atoms with Crippen molar-refractivity contribution in [3.05, 3.63) is 34.9 Å². The Morgan fingerprint density at radius 1 is 1.31 bits per heavy atom. The molecular weight excluding hydrogens is 220 g/mol. The number of rotatable bonds is 2. The van der Waals surface area contributed by atoms with Crippen molar-refractivity contribution in [1.29, 1.82) is 0 Å². The van der Waals surface area contributed by atoms with Gasteiger partial charge in [0.05, 0.1) is 13.2 Å². The molecule has 0 bridgehead atoms. The number of benzene rings is 1. The van der Waals surface area contributed by atoms with Gasteiger partial charge in [0, 0.05) is 17.2 Å². The molecule has 2 aliphatic heterocycles. The first-order valence-electron chi connectivity index (χ1n) is 5.66. The Hall–Kier alpha value is -0.800. The van der Waals surface area contributed by atoms with E-state index in [1.807, 2.05) is 30.0 Å². The van der Waals surface area contributed by atoms with E-state index in [-0.39, 0.29) is 5.92 Å². The van der Waals surface area contributed by atoms with E-state index in [0.29, 0.717) is 19.0 Å². The van der Waals surface area contributed by atoms with Crippen LogP contribution in [0.1, 0.15) is 27.9 Å². The van der Waals surface area contributed by atoms with Gasteiger partial charge in [-0.1, -0.05) is 12.1 Å². The second-order valence-corrected chi connectivity index (χ2v) is 5.55. The maximum absolute atomic E-state index is 12.2. The van der Waals surface area contributed by atoms with E-state index in [1.165, 1.54) is 11.1 Å². The van der Waals surface area contributed by atoms with Gasteiger partial charge in [0.2, 0.25) is 0 Å². The molecule has 0 radical (unpaired) electrons. The quantitative estimate of drug-likeness (QED) is 0.736. The normalized spacial score (nSPS) is 23.4. The van der Waals surface area contributed by atoms with E-state index < -0.39 is 0 Å². The van der Waals surface area contributed by atoms with E-state index in [1.54, 1.807) is 0 Å². The molecule has 2 heterocycles. The summed E-state index contributed by atoms with van der Waals surface area (Å²) in [5, 5.41) is 0. The first-order valence-corrected chi connectivity index (χ1v) is 6.81. The summed E-state index contributed by atoms with van der Waals surface area (Å²) < 4.78 is 5.36. The minimum absolute atomic E-state index is 0.241. The van der Waals surface area contributed by atoms with Crippen molar-refractivity contribution in [1.82, 2.24) is 0 Å². The summed E-state index contributed by atoms with van der Waals surface area (Å²) in [5.41, 5.74) is 3.30. The van der Waals surface area contributed by atoms with Crippen LogP contribution in [0, 0.1) is 5.92 Å². The molecule has 1 saturated heterocycles. The SMILES string of the molecule is O=C(c1ccc2c(c1)COC2)C1CCSC1. The molecule has 0 aromatic heterocycles. The molecule has 84 valence electrons. The largest absolute Gasteiger partial charge is 0.372 e. The number of ketones is 1. The molecule has 1 unspecified atom stereocenters. The number of carbonyl (C=O) groups excluding carboxylic acids is 1. The molecule has 0 N–H and O–H groups in total. The van der Waals surface area contributed by atoms with E-state index in [4.69, 9.17) is 4.74 Å². The Labute approximate surface area is 99.4 Å². The third kappa shape index (κ3) is 1.78. The smallest absolute Gasteiger partial charge is 0.166 e. The molecule has 0 spiro atoms. The number of ether oxygens (including phenoxy) is 1. The zero-order valence-electron chi connectivity index (χ0n) is 9.07. The van der Waals surface area contributed by atoms with Crippen LogP contribution in [0.3, 0.4) is 0 Å². The van der Waals surface area contributed by atoms with Crippen LogP contribution in [-0.2, 0) is 18.0 Å². The number of fused-ring (bicyclic) bond motifs is 1. The molecule has 3 rings (SSSR count). The highest BCUT2D eigenvalue weighted by Gasteiger charge is 2.25. The van der Waals surface area contributed by atoms with Crippen molar-refractivity contribution in [2.75, 3.05) is 11.5 Å². The van der Waals surface area contributed by atoms with Gasteiger partial charge in [-0.2, -0.15) is 11.8 Å². The highest BCUT2D eigenvalue weighted by molar-refractivity contribution is 7.99. The maximum Gasteiger partial charge on any atom is 0.166 e. The van der Waals surface area contributed by atoms with Crippen molar-refractivity contribution in [2.45, 2.75) is 19.6 Å². The van der Waals surface area contributed by atoms with Gasteiger partial charge in [0.25, 0.3) is 0 Å². The topological polar surface area (TPSA) is 26.3 Å². The van der Waals surface area contributed by atoms with Crippen LogP contribution < -0.4 is 0 Å². The lowest BCUT2D eigenvalue weighted by Crippen LogP contribution is -2.14. The molecule has 1 fully saturated rings. The molecule has 0 saturated carbocycles. The molecule has 1 aromatic rings. The van der Waals surface area contributed by atoms with Crippen molar-refractivity contribution >= 4 is 17.5 Å². The standard InChI is InChI=1S/C13H14O2S/c14-13(11-3-4-16-8-11)9-1-2-10-6-15-7-12(10)5-9/h1-2,5,11H,3-4,6-8H2. The molecule has 2 nitrogen and oxygen atoms in total. The minimum atomic E-state index is 0.241. The first-order chi connectivity index (χ1) is 7.84. The Balaban J connectivity index is 1.86. The summed E-state index contributed by atoms with van der Waals surface area (Å²) in [6, 6.07) is 6.02.